The second-order valence-electron chi connectivity index (χ2n) is 24.2. The summed E-state index contributed by atoms with van der Waals surface area (Å²) < 4.78 is 16.7. The number of aliphatic hydroxyl groups excluding tert-OH is 5. The van der Waals surface area contributed by atoms with Crippen LogP contribution in [0.3, 0.4) is 0 Å². The van der Waals surface area contributed by atoms with E-state index in [4.69, 9.17) is 14.2 Å². The molecule has 0 bridgehead atoms. The molecule has 6 N–H and O–H groups in total. The zero-order valence-electron chi connectivity index (χ0n) is 51.9. The molecule has 0 aromatic carbocycles. The molecule has 1 heterocycles. The van der Waals surface area contributed by atoms with Gasteiger partial charge in [-0.1, -0.05) is 315 Å². The lowest BCUT2D eigenvalue weighted by Gasteiger charge is -2.40. The summed E-state index contributed by atoms with van der Waals surface area (Å²) in [6.07, 6.45) is 60.7. The Bertz CT molecular complexity index is 1320. The molecular weight excluding hydrogens is 991 g/mol. The molecule has 0 spiro atoms. The predicted molar refractivity (Wildman–Crippen MR) is 329 cm³/mol. The average Bonchev–Trinajstić information content (AvgIpc) is 3.46. The fraction of sp³-hybridized carbons (Fsp3) is 0.941. The van der Waals surface area contributed by atoms with E-state index in [0.717, 1.165) is 51.4 Å². The lowest BCUT2D eigenvalue weighted by atomic mass is 9.99. The highest BCUT2D eigenvalue weighted by Gasteiger charge is 2.44. The molecule has 468 valence electrons. The molecule has 1 aliphatic rings. The monoisotopic (exact) mass is 1120 g/mol. The van der Waals surface area contributed by atoms with Crippen molar-refractivity contribution in [1.29, 1.82) is 0 Å². The molecule has 1 saturated heterocycles. The van der Waals surface area contributed by atoms with Crippen molar-refractivity contribution in [3.05, 3.63) is 12.2 Å². The first-order chi connectivity index (χ1) is 38.7. The van der Waals surface area contributed by atoms with Gasteiger partial charge in [-0.15, -0.1) is 0 Å². The highest BCUT2D eigenvalue weighted by Crippen LogP contribution is 2.23. The van der Waals surface area contributed by atoms with Gasteiger partial charge in [0, 0.05) is 12.8 Å². The first-order valence-electron chi connectivity index (χ1n) is 34.5. The van der Waals surface area contributed by atoms with Crippen LogP contribution in [0.4, 0.5) is 0 Å². The highest BCUT2D eigenvalue weighted by atomic mass is 16.7. The van der Waals surface area contributed by atoms with Crippen molar-refractivity contribution < 1.29 is 49.3 Å². The quantitative estimate of drug-likeness (QED) is 0.0195. The van der Waals surface area contributed by atoms with Crippen LogP contribution in [0.5, 0.6) is 0 Å². The van der Waals surface area contributed by atoms with E-state index in [0.29, 0.717) is 19.4 Å². The fourth-order valence-electron chi connectivity index (χ4n) is 11.2. The summed E-state index contributed by atoms with van der Waals surface area (Å²) in [6, 6.07) is -0.806. The lowest BCUT2D eigenvalue weighted by Crippen LogP contribution is -2.60. The van der Waals surface area contributed by atoms with E-state index in [1.54, 1.807) is 6.08 Å². The highest BCUT2D eigenvalue weighted by molar-refractivity contribution is 5.76. The van der Waals surface area contributed by atoms with E-state index in [1.807, 2.05) is 6.08 Å². The topological polar surface area (TPSA) is 175 Å². The number of unbranched alkanes of at least 4 members (excludes halogenated alkanes) is 47. The van der Waals surface area contributed by atoms with Crippen molar-refractivity contribution >= 4 is 11.9 Å². The SMILES string of the molecule is CCCCCCCCC/C=C/C(O)C(COC1OC(CO)C(O)C(O)C1O)NC(=O)CCCCCCCCCCCCCCCCCCCCCCCCCCCOC(=O)CCCCCCCCCCCCCCCCCCC. The first-order valence-corrected chi connectivity index (χ1v) is 34.5. The summed E-state index contributed by atoms with van der Waals surface area (Å²) >= 11 is 0. The number of hydrogen-bond donors (Lipinski definition) is 6. The third-order valence-corrected chi connectivity index (χ3v) is 16.7. The molecule has 0 radical (unpaired) electrons. The number of carbonyl (C=O) groups excluding carboxylic acids is 2. The number of ether oxygens (including phenoxy) is 3. The normalized spacial score (nSPS) is 18.4. The minimum Gasteiger partial charge on any atom is -0.466 e. The van der Waals surface area contributed by atoms with E-state index in [-0.39, 0.29) is 18.5 Å². The predicted octanol–water partition coefficient (Wildman–Crippen LogP) is 17.1. The van der Waals surface area contributed by atoms with Crippen molar-refractivity contribution in [2.75, 3.05) is 19.8 Å². The van der Waals surface area contributed by atoms with Gasteiger partial charge in [0.2, 0.25) is 5.91 Å². The molecule has 0 aromatic heterocycles. The summed E-state index contributed by atoms with van der Waals surface area (Å²) in [5.74, 6) is -0.170. The van der Waals surface area contributed by atoms with Crippen LogP contribution in [0.1, 0.15) is 348 Å². The van der Waals surface area contributed by atoms with Gasteiger partial charge in [-0.25, -0.2) is 0 Å². The Hall–Kier alpha value is -1.60. The van der Waals surface area contributed by atoms with E-state index >= 15 is 0 Å². The van der Waals surface area contributed by atoms with Gasteiger partial charge in [0.05, 0.1) is 32.0 Å². The van der Waals surface area contributed by atoms with Gasteiger partial charge in [-0.2, -0.15) is 0 Å². The molecule has 0 aromatic rings. The Morgan fingerprint density at radius 3 is 1.18 bits per heavy atom. The number of amides is 1. The third-order valence-electron chi connectivity index (χ3n) is 16.7. The molecule has 7 atom stereocenters. The van der Waals surface area contributed by atoms with Crippen molar-refractivity contribution in [2.24, 2.45) is 0 Å². The standard InChI is InChI=1S/C68H131NO10/c1-3-5-7-9-11-13-14-15-16-26-30-33-36-40-44-48-52-56-64(73)77-57-53-49-45-41-37-34-31-28-25-23-21-19-17-18-20-22-24-27-29-32-35-39-43-47-51-55-63(72)69-60(61(71)54-50-46-42-38-12-10-8-6-4-2)59-78-68-67(76)66(75)65(74)62(58-70)79-68/h50,54,60-62,65-68,70-71,74-76H,3-49,51-53,55-59H2,1-2H3,(H,69,72)/b54-50+. The number of rotatable bonds is 61. The van der Waals surface area contributed by atoms with E-state index in [2.05, 4.69) is 19.2 Å². The molecule has 79 heavy (non-hydrogen) atoms. The summed E-state index contributed by atoms with van der Waals surface area (Å²) in [6.45, 7) is 4.35. The molecule has 1 amide bonds. The molecule has 11 nitrogen and oxygen atoms in total. The van der Waals surface area contributed by atoms with Crippen LogP contribution in [0.25, 0.3) is 0 Å². The molecule has 7 unspecified atom stereocenters. The number of allylic oxidation sites excluding steroid dienone is 1. The zero-order valence-corrected chi connectivity index (χ0v) is 51.9. The first kappa shape index (κ1) is 75.4. The number of esters is 1. The minimum atomic E-state index is -1.57. The lowest BCUT2D eigenvalue weighted by molar-refractivity contribution is -0.302. The molecule has 1 aliphatic heterocycles. The van der Waals surface area contributed by atoms with Crippen molar-refractivity contribution in [3.8, 4) is 0 Å². The number of carbonyl (C=O) groups is 2. The van der Waals surface area contributed by atoms with E-state index in [9.17, 15) is 35.1 Å². The van der Waals surface area contributed by atoms with Crippen LogP contribution >= 0.6 is 0 Å². The molecule has 0 saturated carbocycles. The van der Waals surface area contributed by atoms with Crippen LogP contribution < -0.4 is 5.32 Å². The third kappa shape index (κ3) is 47.5. The zero-order chi connectivity index (χ0) is 57.3. The molecule has 1 rings (SSSR count). The molecule has 1 fully saturated rings. The maximum absolute atomic E-state index is 13.0. The van der Waals surface area contributed by atoms with Crippen LogP contribution in [0, 0.1) is 0 Å². The van der Waals surface area contributed by atoms with Crippen LogP contribution in [-0.4, -0.2) is 100 Å². The Kier molecular flexibility index (Phi) is 55.5. The second-order valence-corrected chi connectivity index (χ2v) is 24.2. The van der Waals surface area contributed by atoms with Gasteiger partial charge >= 0.3 is 5.97 Å². The minimum absolute atomic E-state index is 0.0105. The maximum Gasteiger partial charge on any atom is 0.305 e. The van der Waals surface area contributed by atoms with Crippen LogP contribution in [0.15, 0.2) is 12.2 Å². The van der Waals surface area contributed by atoms with Gasteiger partial charge in [0.15, 0.2) is 6.29 Å². The Balaban J connectivity index is 1.91. The van der Waals surface area contributed by atoms with Crippen LogP contribution in [0.2, 0.25) is 0 Å². The smallest absolute Gasteiger partial charge is 0.305 e. The average molecular weight is 1120 g/mol. The maximum atomic E-state index is 13.0. The summed E-state index contributed by atoms with van der Waals surface area (Å²) in [4.78, 5) is 25.1. The van der Waals surface area contributed by atoms with Crippen LogP contribution in [-0.2, 0) is 23.8 Å². The number of hydrogen-bond acceptors (Lipinski definition) is 10. The van der Waals surface area contributed by atoms with Crippen molar-refractivity contribution in [2.45, 2.75) is 391 Å². The summed E-state index contributed by atoms with van der Waals surface area (Å²) in [5.41, 5.74) is 0. The molecule has 0 aliphatic carbocycles. The van der Waals surface area contributed by atoms with Gasteiger partial charge < -0.3 is 45.1 Å². The summed E-state index contributed by atoms with van der Waals surface area (Å²) in [7, 11) is 0. The van der Waals surface area contributed by atoms with Crippen molar-refractivity contribution in [1.82, 2.24) is 5.32 Å². The largest absolute Gasteiger partial charge is 0.466 e. The number of aliphatic hydroxyl groups is 5. The van der Waals surface area contributed by atoms with E-state index in [1.165, 1.54) is 270 Å². The second kappa shape index (κ2) is 58.2. The van der Waals surface area contributed by atoms with Gasteiger partial charge in [0.1, 0.15) is 24.4 Å². The Morgan fingerprint density at radius 1 is 0.456 bits per heavy atom. The Labute approximate surface area is 487 Å². The molecular formula is C68H131NO10. The number of nitrogens with one attached hydrogen (secondary N) is 1. The molecule has 11 heteroatoms. The van der Waals surface area contributed by atoms with E-state index < -0.39 is 49.5 Å². The Morgan fingerprint density at radius 2 is 0.797 bits per heavy atom. The van der Waals surface area contributed by atoms with Gasteiger partial charge in [-0.05, 0) is 32.1 Å². The van der Waals surface area contributed by atoms with Crippen molar-refractivity contribution in [3.63, 3.8) is 0 Å². The summed E-state index contributed by atoms with van der Waals surface area (Å²) in [5, 5.41) is 54.3. The fourth-order valence-corrected chi connectivity index (χ4v) is 11.2. The van der Waals surface area contributed by atoms with Gasteiger partial charge in [0.25, 0.3) is 0 Å². The van der Waals surface area contributed by atoms with Gasteiger partial charge in [-0.3, -0.25) is 9.59 Å².